The summed E-state index contributed by atoms with van der Waals surface area (Å²) < 4.78 is 6.60. The molecule has 0 aliphatic carbocycles. The van der Waals surface area contributed by atoms with E-state index in [0.29, 0.717) is 5.75 Å². The largest absolute Gasteiger partial charge is 0.484 e. The lowest BCUT2D eigenvalue weighted by molar-refractivity contribution is -0.123. The van der Waals surface area contributed by atoms with Gasteiger partial charge < -0.3 is 10.1 Å². The SMILES string of the molecule is CC[C@@H](NC(=O)COc1ccc(Br)c(C)c1)c1ccc(C)cc1. The molecule has 0 aliphatic rings. The Bertz CT molecular complexity index is 668. The van der Waals surface area contributed by atoms with Crippen LogP contribution in [0.4, 0.5) is 0 Å². The molecule has 0 radical (unpaired) electrons. The molecule has 23 heavy (non-hydrogen) atoms. The fourth-order valence-electron chi connectivity index (χ4n) is 2.31. The number of benzene rings is 2. The number of halogens is 1. The maximum atomic E-state index is 12.1. The van der Waals surface area contributed by atoms with E-state index in [9.17, 15) is 4.79 Å². The summed E-state index contributed by atoms with van der Waals surface area (Å²) >= 11 is 3.45. The summed E-state index contributed by atoms with van der Waals surface area (Å²) in [6.45, 7) is 6.12. The van der Waals surface area contributed by atoms with E-state index in [1.165, 1.54) is 5.56 Å². The third-order valence-electron chi connectivity index (χ3n) is 3.72. The average molecular weight is 376 g/mol. The van der Waals surface area contributed by atoms with Crippen LogP contribution in [0.2, 0.25) is 0 Å². The number of nitrogens with one attached hydrogen (secondary N) is 1. The van der Waals surface area contributed by atoms with Crippen molar-refractivity contribution in [1.29, 1.82) is 0 Å². The zero-order valence-electron chi connectivity index (χ0n) is 13.7. The molecule has 0 fully saturated rings. The van der Waals surface area contributed by atoms with E-state index in [4.69, 9.17) is 4.74 Å². The minimum absolute atomic E-state index is 0.0124. The molecule has 1 atom stereocenters. The van der Waals surface area contributed by atoms with Gasteiger partial charge >= 0.3 is 0 Å². The second-order valence-electron chi connectivity index (χ2n) is 5.64. The molecule has 1 amide bonds. The van der Waals surface area contributed by atoms with E-state index in [1.54, 1.807) is 0 Å². The summed E-state index contributed by atoms with van der Waals surface area (Å²) in [7, 11) is 0. The van der Waals surface area contributed by atoms with Crippen LogP contribution in [0.25, 0.3) is 0 Å². The Balaban J connectivity index is 1.92. The third-order valence-corrected chi connectivity index (χ3v) is 4.61. The van der Waals surface area contributed by atoms with Crippen LogP contribution in [0.1, 0.15) is 36.1 Å². The number of ether oxygens (including phenoxy) is 1. The van der Waals surface area contributed by atoms with Crippen molar-refractivity contribution in [3.63, 3.8) is 0 Å². The summed E-state index contributed by atoms with van der Waals surface area (Å²) in [6.07, 6.45) is 0.839. The maximum Gasteiger partial charge on any atom is 0.258 e. The summed E-state index contributed by atoms with van der Waals surface area (Å²) in [6, 6.07) is 13.9. The molecule has 0 aromatic heterocycles. The molecule has 0 heterocycles. The Morgan fingerprint density at radius 2 is 1.87 bits per heavy atom. The number of amides is 1. The van der Waals surface area contributed by atoms with Gasteiger partial charge in [-0.2, -0.15) is 0 Å². The third kappa shape index (κ3) is 5.10. The smallest absolute Gasteiger partial charge is 0.258 e. The van der Waals surface area contributed by atoms with Crippen molar-refractivity contribution in [3.05, 3.63) is 63.6 Å². The standard InChI is InChI=1S/C19H22BrNO2/c1-4-18(15-7-5-13(2)6-8-15)21-19(22)12-23-16-9-10-17(20)14(3)11-16/h5-11,18H,4,12H2,1-3H3,(H,21,22)/t18-/m1/s1. The lowest BCUT2D eigenvalue weighted by atomic mass is 10.0. The predicted molar refractivity (Wildman–Crippen MR) is 96.7 cm³/mol. The van der Waals surface area contributed by atoms with E-state index in [2.05, 4.69) is 59.4 Å². The van der Waals surface area contributed by atoms with Gasteiger partial charge in [0.1, 0.15) is 5.75 Å². The topological polar surface area (TPSA) is 38.3 Å². The van der Waals surface area contributed by atoms with Crippen molar-refractivity contribution in [1.82, 2.24) is 5.32 Å². The molecule has 2 aromatic rings. The Kier molecular flexibility index (Phi) is 6.22. The first-order chi connectivity index (χ1) is 11.0. The highest BCUT2D eigenvalue weighted by molar-refractivity contribution is 9.10. The maximum absolute atomic E-state index is 12.1. The lowest BCUT2D eigenvalue weighted by Crippen LogP contribution is -2.32. The van der Waals surface area contributed by atoms with Gasteiger partial charge in [0, 0.05) is 4.47 Å². The molecular weight excluding hydrogens is 354 g/mol. The van der Waals surface area contributed by atoms with E-state index in [0.717, 1.165) is 22.0 Å². The summed E-state index contributed by atoms with van der Waals surface area (Å²) in [5.74, 6) is 0.585. The highest BCUT2D eigenvalue weighted by atomic mass is 79.9. The van der Waals surface area contributed by atoms with Gasteiger partial charge in [0.15, 0.2) is 6.61 Å². The number of carbonyl (C=O) groups is 1. The molecule has 122 valence electrons. The molecule has 0 aliphatic heterocycles. The first-order valence-electron chi connectivity index (χ1n) is 7.74. The molecule has 0 saturated heterocycles. The van der Waals surface area contributed by atoms with Crippen molar-refractivity contribution in [2.75, 3.05) is 6.61 Å². The van der Waals surface area contributed by atoms with Crippen LogP contribution < -0.4 is 10.1 Å². The molecule has 0 spiro atoms. The molecule has 4 heteroatoms. The normalized spacial score (nSPS) is 11.8. The second-order valence-corrected chi connectivity index (χ2v) is 6.49. The van der Waals surface area contributed by atoms with Crippen molar-refractivity contribution in [2.24, 2.45) is 0 Å². The minimum Gasteiger partial charge on any atom is -0.484 e. The minimum atomic E-state index is -0.113. The Hall–Kier alpha value is -1.81. The zero-order valence-corrected chi connectivity index (χ0v) is 15.3. The van der Waals surface area contributed by atoms with Gasteiger partial charge in [-0.25, -0.2) is 0 Å². The Morgan fingerprint density at radius 3 is 2.48 bits per heavy atom. The van der Waals surface area contributed by atoms with Crippen LogP contribution in [0.15, 0.2) is 46.9 Å². The van der Waals surface area contributed by atoms with Gasteiger partial charge in [0.05, 0.1) is 6.04 Å². The fourth-order valence-corrected chi connectivity index (χ4v) is 2.56. The van der Waals surface area contributed by atoms with Crippen LogP contribution >= 0.6 is 15.9 Å². The summed E-state index contributed by atoms with van der Waals surface area (Å²) in [4.78, 5) is 12.1. The van der Waals surface area contributed by atoms with E-state index in [-0.39, 0.29) is 18.6 Å². The van der Waals surface area contributed by atoms with Gasteiger partial charge in [-0.1, -0.05) is 52.7 Å². The van der Waals surface area contributed by atoms with Crippen LogP contribution in [-0.2, 0) is 4.79 Å². The Labute approximate surface area is 146 Å². The van der Waals surface area contributed by atoms with Crippen molar-refractivity contribution in [3.8, 4) is 5.75 Å². The molecule has 0 bridgehead atoms. The molecule has 0 saturated carbocycles. The number of carbonyl (C=O) groups excluding carboxylic acids is 1. The second kappa shape index (κ2) is 8.16. The molecule has 2 aromatic carbocycles. The number of aryl methyl sites for hydroxylation is 2. The number of rotatable bonds is 6. The quantitative estimate of drug-likeness (QED) is 0.793. The highest BCUT2D eigenvalue weighted by Gasteiger charge is 2.13. The van der Waals surface area contributed by atoms with Gasteiger partial charge in [-0.3, -0.25) is 4.79 Å². The average Bonchev–Trinajstić information content (AvgIpc) is 2.54. The van der Waals surface area contributed by atoms with Crippen molar-refractivity contribution < 1.29 is 9.53 Å². The van der Waals surface area contributed by atoms with E-state index in [1.807, 2.05) is 25.1 Å². The zero-order chi connectivity index (χ0) is 16.8. The van der Waals surface area contributed by atoms with Crippen molar-refractivity contribution >= 4 is 21.8 Å². The van der Waals surface area contributed by atoms with E-state index >= 15 is 0 Å². The van der Waals surface area contributed by atoms with Crippen LogP contribution in [0.3, 0.4) is 0 Å². The molecule has 2 rings (SSSR count). The lowest BCUT2D eigenvalue weighted by Gasteiger charge is -2.18. The van der Waals surface area contributed by atoms with Gasteiger partial charge in [0.2, 0.25) is 0 Å². The number of hydrogen-bond acceptors (Lipinski definition) is 2. The molecule has 0 unspecified atom stereocenters. The summed E-state index contributed by atoms with van der Waals surface area (Å²) in [5, 5.41) is 3.03. The van der Waals surface area contributed by atoms with E-state index < -0.39 is 0 Å². The monoisotopic (exact) mass is 375 g/mol. The van der Waals surface area contributed by atoms with Gasteiger partial charge in [-0.15, -0.1) is 0 Å². The first kappa shape index (κ1) is 17.5. The fraction of sp³-hybridized carbons (Fsp3) is 0.316. The molecular formula is C19H22BrNO2. The highest BCUT2D eigenvalue weighted by Crippen LogP contribution is 2.21. The molecule has 1 N–H and O–H groups in total. The number of hydrogen-bond donors (Lipinski definition) is 1. The van der Waals surface area contributed by atoms with Gasteiger partial charge in [-0.05, 0) is 49.6 Å². The van der Waals surface area contributed by atoms with Gasteiger partial charge in [0.25, 0.3) is 5.91 Å². The first-order valence-corrected chi connectivity index (χ1v) is 8.53. The van der Waals surface area contributed by atoms with Crippen LogP contribution in [0, 0.1) is 13.8 Å². The van der Waals surface area contributed by atoms with Crippen LogP contribution in [-0.4, -0.2) is 12.5 Å². The Morgan fingerprint density at radius 1 is 1.17 bits per heavy atom. The molecule has 3 nitrogen and oxygen atoms in total. The summed E-state index contributed by atoms with van der Waals surface area (Å²) in [5.41, 5.74) is 3.41. The van der Waals surface area contributed by atoms with Crippen LogP contribution in [0.5, 0.6) is 5.75 Å². The predicted octanol–water partition coefficient (Wildman–Crippen LogP) is 4.71. The van der Waals surface area contributed by atoms with Crippen molar-refractivity contribution in [2.45, 2.75) is 33.2 Å².